The summed E-state index contributed by atoms with van der Waals surface area (Å²) in [6.45, 7) is 10.6. The van der Waals surface area contributed by atoms with Gasteiger partial charge in [-0.15, -0.1) is 0 Å². The molecule has 2 heterocycles. The highest BCUT2D eigenvalue weighted by molar-refractivity contribution is 5.78. The molecule has 4 aliphatic carbocycles. The predicted molar refractivity (Wildman–Crippen MR) is 152 cm³/mol. The van der Waals surface area contributed by atoms with Gasteiger partial charge in [0.05, 0.1) is 12.7 Å². The number of hydrogen-bond donors (Lipinski definition) is 1. The molecule has 6 heteroatoms. The Balaban J connectivity index is 1.03. The van der Waals surface area contributed by atoms with E-state index >= 15 is 0 Å². The fourth-order valence-electron chi connectivity index (χ4n) is 10.7. The maximum Gasteiger partial charge on any atom is 0.248 e. The lowest BCUT2D eigenvalue weighted by atomic mass is 9.47. The van der Waals surface area contributed by atoms with Crippen molar-refractivity contribution in [1.82, 2.24) is 9.80 Å². The minimum atomic E-state index is -0.130. The van der Waals surface area contributed by atoms with Gasteiger partial charge in [-0.05, 0) is 111 Å². The second-order valence-electron chi connectivity index (χ2n) is 14.7. The fraction of sp³-hybridized carbons (Fsp3) is 0.879. The molecular weight excluding hydrogens is 488 g/mol. The Hall–Kier alpha value is -1.40. The van der Waals surface area contributed by atoms with E-state index in [1.807, 2.05) is 4.90 Å². The number of ether oxygens (including phenoxy) is 1. The Bertz CT molecular complexity index is 973. The molecule has 2 amide bonds. The fourth-order valence-corrected chi connectivity index (χ4v) is 10.7. The number of piperidine rings is 1. The third kappa shape index (κ3) is 4.90. The van der Waals surface area contributed by atoms with E-state index in [2.05, 4.69) is 31.7 Å². The van der Waals surface area contributed by atoms with Gasteiger partial charge >= 0.3 is 0 Å². The molecule has 0 unspecified atom stereocenters. The monoisotopic (exact) mass is 540 g/mol. The van der Waals surface area contributed by atoms with Crippen molar-refractivity contribution in [1.29, 1.82) is 0 Å². The summed E-state index contributed by atoms with van der Waals surface area (Å²) in [6.07, 6.45) is 15.5. The molecule has 1 N–H and O–H groups in total. The molecule has 6 nitrogen and oxygen atoms in total. The molecule has 39 heavy (non-hydrogen) atoms. The summed E-state index contributed by atoms with van der Waals surface area (Å²) in [6, 6.07) is 0.265. The number of carbonyl (C=O) groups is 2. The molecule has 2 aliphatic heterocycles. The van der Waals surface area contributed by atoms with Crippen LogP contribution in [0.2, 0.25) is 0 Å². The van der Waals surface area contributed by atoms with E-state index in [0.29, 0.717) is 42.2 Å². The maximum atomic E-state index is 13.2. The first kappa shape index (κ1) is 27.8. The van der Waals surface area contributed by atoms with Crippen LogP contribution in [0.1, 0.15) is 97.8 Å². The first-order chi connectivity index (χ1) is 18.7. The largest absolute Gasteiger partial charge is 0.393 e. The summed E-state index contributed by atoms with van der Waals surface area (Å²) in [7, 11) is 0. The zero-order valence-electron chi connectivity index (χ0n) is 24.7. The van der Waals surface area contributed by atoms with Gasteiger partial charge < -0.3 is 19.6 Å². The van der Waals surface area contributed by atoms with Crippen LogP contribution in [0.15, 0.2) is 11.6 Å². The minimum absolute atomic E-state index is 0.105. The van der Waals surface area contributed by atoms with Crippen LogP contribution in [-0.4, -0.2) is 71.7 Å². The smallest absolute Gasteiger partial charge is 0.248 e. The van der Waals surface area contributed by atoms with Crippen molar-refractivity contribution in [3.05, 3.63) is 11.6 Å². The van der Waals surface area contributed by atoms with E-state index in [-0.39, 0.29) is 24.7 Å². The average Bonchev–Trinajstić information content (AvgIpc) is 3.29. The van der Waals surface area contributed by atoms with Gasteiger partial charge in [-0.25, -0.2) is 0 Å². The van der Waals surface area contributed by atoms with Gasteiger partial charge in [-0.1, -0.05) is 32.4 Å². The van der Waals surface area contributed by atoms with E-state index in [1.165, 1.54) is 32.1 Å². The molecule has 8 atom stereocenters. The Labute approximate surface area is 235 Å². The van der Waals surface area contributed by atoms with Gasteiger partial charge in [0.25, 0.3) is 0 Å². The zero-order valence-corrected chi connectivity index (χ0v) is 24.7. The predicted octanol–water partition coefficient (Wildman–Crippen LogP) is 5.19. The summed E-state index contributed by atoms with van der Waals surface area (Å²) in [5, 5.41) is 10.3. The molecule has 2 saturated heterocycles. The highest BCUT2D eigenvalue weighted by Crippen LogP contribution is 2.67. The maximum absolute atomic E-state index is 13.2. The molecule has 3 saturated carbocycles. The van der Waals surface area contributed by atoms with Gasteiger partial charge in [0.15, 0.2) is 0 Å². The Morgan fingerprint density at radius 1 is 1.08 bits per heavy atom. The molecule has 0 aromatic carbocycles. The van der Waals surface area contributed by atoms with E-state index in [4.69, 9.17) is 4.74 Å². The SMILES string of the molecule is C[C@H](CCC(=O)N1CCC(N2CCOCC2=O)CC1)[C@H]1CC[C@H]2[C@@H]3CC=C4C[C@@H](O)CC[C@]4(C)[C@H]3CC[C@]12C. The molecule has 6 aliphatic rings. The Kier molecular flexibility index (Phi) is 7.67. The van der Waals surface area contributed by atoms with E-state index in [1.54, 1.807) is 5.57 Å². The number of likely N-dealkylation sites (tertiary alicyclic amines) is 1. The Morgan fingerprint density at radius 2 is 1.87 bits per heavy atom. The van der Waals surface area contributed by atoms with Crippen molar-refractivity contribution < 1.29 is 19.4 Å². The number of amides is 2. The molecule has 0 bridgehead atoms. The first-order valence-corrected chi connectivity index (χ1v) is 16.2. The second kappa shape index (κ2) is 10.8. The van der Waals surface area contributed by atoms with Gasteiger partial charge in [0.2, 0.25) is 11.8 Å². The van der Waals surface area contributed by atoms with Crippen LogP contribution in [-0.2, 0) is 14.3 Å². The average molecular weight is 541 g/mol. The third-order valence-corrected chi connectivity index (χ3v) is 12.9. The number of rotatable bonds is 5. The zero-order chi connectivity index (χ0) is 27.4. The third-order valence-electron chi connectivity index (χ3n) is 12.9. The standard InChI is InChI=1S/C33H52N2O4/c1-22(4-9-30(37)34-16-12-24(13-17-34)35-18-19-39-21-31(35)38)27-7-8-28-26-6-5-23-20-25(36)10-14-32(23,2)29(26)11-15-33(27,28)3/h5,22,24-29,36H,4,6-21H2,1-3H3/t22-,25+,26+,27-,28+,29+,32+,33-/m1/s1. The minimum Gasteiger partial charge on any atom is -0.393 e. The highest BCUT2D eigenvalue weighted by Gasteiger charge is 2.59. The first-order valence-electron chi connectivity index (χ1n) is 16.2. The van der Waals surface area contributed by atoms with Gasteiger partial charge in [-0.2, -0.15) is 0 Å². The lowest BCUT2D eigenvalue weighted by Crippen LogP contribution is -2.52. The number of carbonyl (C=O) groups excluding carboxylic acids is 2. The van der Waals surface area contributed by atoms with Crippen molar-refractivity contribution in [3.63, 3.8) is 0 Å². The summed E-state index contributed by atoms with van der Waals surface area (Å²) in [4.78, 5) is 29.5. The number of nitrogens with zero attached hydrogens (tertiary/aromatic N) is 2. The summed E-state index contributed by atoms with van der Waals surface area (Å²) < 4.78 is 5.29. The van der Waals surface area contributed by atoms with Crippen LogP contribution in [0.5, 0.6) is 0 Å². The topological polar surface area (TPSA) is 70.1 Å². The number of fused-ring (bicyclic) bond motifs is 5. The number of aliphatic hydroxyl groups is 1. The summed E-state index contributed by atoms with van der Waals surface area (Å²) in [5.41, 5.74) is 2.28. The number of morpholine rings is 1. The normalized spacial score (nSPS) is 41.9. The van der Waals surface area contributed by atoms with E-state index in [0.717, 1.165) is 75.3 Å². The summed E-state index contributed by atoms with van der Waals surface area (Å²) >= 11 is 0. The van der Waals surface area contributed by atoms with Gasteiger partial charge in [0, 0.05) is 32.1 Å². The van der Waals surface area contributed by atoms with Crippen LogP contribution in [0.4, 0.5) is 0 Å². The molecule has 0 aromatic rings. The molecule has 0 radical (unpaired) electrons. The van der Waals surface area contributed by atoms with Crippen LogP contribution in [0.25, 0.3) is 0 Å². The Morgan fingerprint density at radius 3 is 2.64 bits per heavy atom. The van der Waals surface area contributed by atoms with Gasteiger partial charge in [0.1, 0.15) is 6.61 Å². The molecule has 218 valence electrons. The number of aliphatic hydroxyl groups excluding tert-OH is 1. The number of hydrogen-bond acceptors (Lipinski definition) is 4. The van der Waals surface area contributed by atoms with Crippen molar-refractivity contribution in [2.24, 2.45) is 40.4 Å². The van der Waals surface area contributed by atoms with E-state index < -0.39 is 0 Å². The summed E-state index contributed by atoms with van der Waals surface area (Å²) in [5.74, 6) is 4.12. The van der Waals surface area contributed by atoms with Crippen molar-refractivity contribution in [3.8, 4) is 0 Å². The molecule has 6 rings (SSSR count). The molecule has 0 spiro atoms. The van der Waals surface area contributed by atoms with Crippen LogP contribution >= 0.6 is 0 Å². The van der Waals surface area contributed by atoms with Crippen molar-refractivity contribution >= 4 is 11.8 Å². The lowest BCUT2D eigenvalue weighted by molar-refractivity contribution is -0.147. The molecule has 5 fully saturated rings. The lowest BCUT2D eigenvalue weighted by Gasteiger charge is -2.58. The van der Waals surface area contributed by atoms with Crippen molar-refractivity contribution in [2.45, 2.75) is 110 Å². The quantitative estimate of drug-likeness (QED) is 0.487. The van der Waals surface area contributed by atoms with E-state index in [9.17, 15) is 14.7 Å². The van der Waals surface area contributed by atoms with Crippen molar-refractivity contribution in [2.75, 3.05) is 32.8 Å². The van der Waals surface area contributed by atoms with Crippen LogP contribution < -0.4 is 0 Å². The van der Waals surface area contributed by atoms with Gasteiger partial charge in [-0.3, -0.25) is 9.59 Å². The van der Waals surface area contributed by atoms with Crippen LogP contribution in [0, 0.1) is 40.4 Å². The van der Waals surface area contributed by atoms with Crippen LogP contribution in [0.3, 0.4) is 0 Å². The molecular formula is C33H52N2O4. The highest BCUT2D eigenvalue weighted by atomic mass is 16.5. The number of allylic oxidation sites excluding steroid dienone is 1. The molecule has 0 aromatic heterocycles. The second-order valence-corrected chi connectivity index (χ2v) is 14.7.